The molecule has 0 unspecified atom stereocenters. The summed E-state index contributed by atoms with van der Waals surface area (Å²) < 4.78 is 6.40. The van der Waals surface area contributed by atoms with Crippen molar-refractivity contribution in [3.8, 4) is 5.75 Å². The van der Waals surface area contributed by atoms with Gasteiger partial charge in [0.1, 0.15) is 5.75 Å². The van der Waals surface area contributed by atoms with Gasteiger partial charge in [0.05, 0.1) is 10.7 Å². The smallest absolute Gasteiger partial charge is 0.277 e. The van der Waals surface area contributed by atoms with Gasteiger partial charge in [0.15, 0.2) is 6.61 Å². The molecule has 0 spiro atoms. The highest BCUT2D eigenvalue weighted by atomic mass is 79.9. The molecule has 0 aliphatic carbocycles. The fourth-order valence-electron chi connectivity index (χ4n) is 2.23. The Morgan fingerprint density at radius 3 is 2.68 bits per heavy atom. The second-order valence-corrected chi connectivity index (χ2v) is 6.46. The Morgan fingerprint density at radius 2 is 1.88 bits per heavy atom. The van der Waals surface area contributed by atoms with E-state index in [9.17, 15) is 4.79 Å². The number of fused-ring (bicyclic) bond motifs is 1. The van der Waals surface area contributed by atoms with Crippen molar-refractivity contribution in [1.29, 1.82) is 0 Å². The molecule has 0 atom stereocenters. The number of ether oxygens (including phenoxy) is 1. The highest BCUT2D eigenvalue weighted by molar-refractivity contribution is 9.10. The highest BCUT2D eigenvalue weighted by Crippen LogP contribution is 2.32. The number of rotatable bonds is 5. The van der Waals surface area contributed by atoms with Gasteiger partial charge in [-0.25, -0.2) is 5.43 Å². The van der Waals surface area contributed by atoms with Crippen molar-refractivity contribution in [1.82, 2.24) is 5.43 Å². The number of carbonyl (C=O) groups is 1. The lowest BCUT2D eigenvalue weighted by Gasteiger charge is -2.09. The number of hydrazone groups is 1. The van der Waals surface area contributed by atoms with Gasteiger partial charge in [-0.3, -0.25) is 4.79 Å². The van der Waals surface area contributed by atoms with E-state index in [1.54, 1.807) is 30.5 Å². The van der Waals surface area contributed by atoms with Gasteiger partial charge in [0, 0.05) is 5.02 Å². The third-order valence-corrected chi connectivity index (χ3v) is 4.53. The number of benzene rings is 3. The standard InChI is InChI=1S/C19H14BrClN2O2/c20-19-16-4-2-1-3-14(16)7-10-17(19)25-12-18(24)23-22-11-13-5-8-15(21)9-6-13/h1-11H,12H2,(H,23,24)/b22-11-. The van der Waals surface area contributed by atoms with Gasteiger partial charge >= 0.3 is 0 Å². The lowest BCUT2D eigenvalue weighted by atomic mass is 10.1. The predicted octanol–water partition coefficient (Wildman–Crippen LogP) is 4.78. The molecule has 0 saturated heterocycles. The minimum absolute atomic E-state index is 0.130. The van der Waals surface area contributed by atoms with Crippen LogP contribution < -0.4 is 10.2 Å². The van der Waals surface area contributed by atoms with Crippen LogP contribution in [-0.2, 0) is 4.79 Å². The number of hydrogen-bond donors (Lipinski definition) is 1. The zero-order chi connectivity index (χ0) is 17.6. The van der Waals surface area contributed by atoms with Crippen LogP contribution in [0.2, 0.25) is 5.02 Å². The summed E-state index contributed by atoms with van der Waals surface area (Å²) in [6.07, 6.45) is 1.54. The molecule has 3 aromatic rings. The molecule has 25 heavy (non-hydrogen) atoms. The third-order valence-electron chi connectivity index (χ3n) is 3.46. The van der Waals surface area contributed by atoms with E-state index < -0.39 is 0 Å². The quantitative estimate of drug-likeness (QED) is 0.479. The second-order valence-electron chi connectivity index (χ2n) is 5.23. The zero-order valence-electron chi connectivity index (χ0n) is 13.1. The number of halogens is 2. The first-order chi connectivity index (χ1) is 12.1. The molecular formula is C19H14BrClN2O2. The first-order valence-corrected chi connectivity index (χ1v) is 8.68. The molecular weight excluding hydrogens is 404 g/mol. The average Bonchev–Trinajstić information content (AvgIpc) is 2.63. The molecule has 0 bridgehead atoms. The Morgan fingerprint density at radius 1 is 1.12 bits per heavy atom. The molecule has 6 heteroatoms. The van der Waals surface area contributed by atoms with Gasteiger partial charge in [0.25, 0.3) is 5.91 Å². The summed E-state index contributed by atoms with van der Waals surface area (Å²) in [7, 11) is 0. The van der Waals surface area contributed by atoms with Gasteiger partial charge in [-0.05, 0) is 50.5 Å². The fraction of sp³-hybridized carbons (Fsp3) is 0.0526. The Labute approximate surface area is 158 Å². The van der Waals surface area contributed by atoms with Crippen molar-refractivity contribution in [2.24, 2.45) is 5.10 Å². The van der Waals surface area contributed by atoms with E-state index in [1.165, 1.54) is 0 Å². The van der Waals surface area contributed by atoms with E-state index >= 15 is 0 Å². The van der Waals surface area contributed by atoms with E-state index in [1.807, 2.05) is 36.4 Å². The topological polar surface area (TPSA) is 50.7 Å². The van der Waals surface area contributed by atoms with Crippen molar-refractivity contribution < 1.29 is 9.53 Å². The van der Waals surface area contributed by atoms with Crippen LogP contribution in [0.15, 0.2) is 70.2 Å². The third kappa shape index (κ3) is 4.59. The largest absolute Gasteiger partial charge is 0.483 e. The maximum absolute atomic E-state index is 11.8. The van der Waals surface area contributed by atoms with Crippen LogP contribution >= 0.6 is 27.5 Å². The summed E-state index contributed by atoms with van der Waals surface area (Å²) in [4.78, 5) is 11.8. The van der Waals surface area contributed by atoms with Crippen LogP contribution in [0.4, 0.5) is 0 Å². The maximum Gasteiger partial charge on any atom is 0.277 e. The predicted molar refractivity (Wildman–Crippen MR) is 104 cm³/mol. The number of amides is 1. The first kappa shape index (κ1) is 17.5. The zero-order valence-corrected chi connectivity index (χ0v) is 15.4. The van der Waals surface area contributed by atoms with Crippen molar-refractivity contribution in [2.75, 3.05) is 6.61 Å². The van der Waals surface area contributed by atoms with E-state index in [2.05, 4.69) is 26.5 Å². The van der Waals surface area contributed by atoms with Gasteiger partial charge in [-0.15, -0.1) is 0 Å². The summed E-state index contributed by atoms with van der Waals surface area (Å²) >= 11 is 9.33. The molecule has 0 saturated carbocycles. The lowest BCUT2D eigenvalue weighted by molar-refractivity contribution is -0.123. The minimum atomic E-state index is -0.342. The molecule has 3 aromatic carbocycles. The molecule has 1 amide bonds. The Balaban J connectivity index is 1.57. The number of nitrogens with zero attached hydrogens (tertiary/aromatic N) is 1. The summed E-state index contributed by atoms with van der Waals surface area (Å²) in [5.41, 5.74) is 3.27. The van der Waals surface area contributed by atoms with Gasteiger partial charge in [-0.2, -0.15) is 5.10 Å². The van der Waals surface area contributed by atoms with Crippen LogP contribution in [-0.4, -0.2) is 18.7 Å². The minimum Gasteiger partial charge on any atom is -0.483 e. The van der Waals surface area contributed by atoms with Crippen molar-refractivity contribution in [3.05, 3.63) is 75.7 Å². The Hall–Kier alpha value is -2.37. The molecule has 0 fully saturated rings. The van der Waals surface area contributed by atoms with Gasteiger partial charge in [0.2, 0.25) is 0 Å². The molecule has 0 aliphatic heterocycles. The van der Waals surface area contributed by atoms with E-state index in [-0.39, 0.29) is 12.5 Å². The monoisotopic (exact) mass is 416 g/mol. The van der Waals surface area contributed by atoms with Crippen LogP contribution in [0.1, 0.15) is 5.56 Å². The second kappa shape index (κ2) is 8.14. The van der Waals surface area contributed by atoms with Crippen LogP contribution in [0.3, 0.4) is 0 Å². The molecule has 4 nitrogen and oxygen atoms in total. The number of carbonyl (C=O) groups excluding carboxylic acids is 1. The van der Waals surface area contributed by atoms with Crippen LogP contribution in [0.5, 0.6) is 5.75 Å². The Bertz CT molecular complexity index is 926. The normalized spacial score (nSPS) is 11.0. The molecule has 0 aromatic heterocycles. The summed E-state index contributed by atoms with van der Waals surface area (Å²) in [5, 5.41) is 6.67. The molecule has 0 aliphatic rings. The molecule has 1 N–H and O–H groups in total. The van der Waals surface area contributed by atoms with Gasteiger partial charge < -0.3 is 4.74 Å². The molecule has 0 heterocycles. The fourth-order valence-corrected chi connectivity index (χ4v) is 2.96. The summed E-state index contributed by atoms with van der Waals surface area (Å²) in [5.74, 6) is 0.265. The molecule has 126 valence electrons. The molecule has 3 rings (SSSR count). The van der Waals surface area contributed by atoms with Crippen LogP contribution in [0, 0.1) is 0 Å². The average molecular weight is 418 g/mol. The van der Waals surface area contributed by atoms with Gasteiger partial charge in [-0.1, -0.05) is 54.1 Å². The SMILES string of the molecule is O=C(COc1ccc2ccccc2c1Br)N/N=C\c1ccc(Cl)cc1. The lowest BCUT2D eigenvalue weighted by Crippen LogP contribution is -2.24. The molecule has 0 radical (unpaired) electrons. The number of hydrogen-bond acceptors (Lipinski definition) is 3. The first-order valence-electron chi connectivity index (χ1n) is 7.51. The van der Waals surface area contributed by atoms with Crippen LogP contribution in [0.25, 0.3) is 10.8 Å². The van der Waals surface area contributed by atoms with E-state index in [4.69, 9.17) is 16.3 Å². The van der Waals surface area contributed by atoms with Crippen molar-refractivity contribution in [3.63, 3.8) is 0 Å². The van der Waals surface area contributed by atoms with Crippen molar-refractivity contribution >= 4 is 50.4 Å². The van der Waals surface area contributed by atoms with Crippen molar-refractivity contribution in [2.45, 2.75) is 0 Å². The summed E-state index contributed by atoms with van der Waals surface area (Å²) in [6, 6.07) is 18.8. The van der Waals surface area contributed by atoms with E-state index in [0.29, 0.717) is 10.8 Å². The van der Waals surface area contributed by atoms with E-state index in [0.717, 1.165) is 20.8 Å². The highest BCUT2D eigenvalue weighted by Gasteiger charge is 2.08. The maximum atomic E-state index is 11.8. The summed E-state index contributed by atoms with van der Waals surface area (Å²) in [6.45, 7) is -0.130. The number of nitrogens with one attached hydrogen (secondary N) is 1. The Kier molecular flexibility index (Phi) is 5.68.